The Labute approximate surface area is 143 Å². The lowest BCUT2D eigenvalue weighted by molar-refractivity contribution is -0.133. The number of rotatable bonds is 8. The van der Waals surface area contributed by atoms with E-state index in [2.05, 4.69) is 15.5 Å². The molecule has 0 aliphatic heterocycles. The van der Waals surface area contributed by atoms with E-state index in [1.54, 1.807) is 22.2 Å². The third-order valence-corrected chi connectivity index (χ3v) is 5.00. The van der Waals surface area contributed by atoms with Crippen molar-refractivity contribution in [2.75, 3.05) is 18.8 Å². The summed E-state index contributed by atoms with van der Waals surface area (Å²) in [5.41, 5.74) is 0. The maximum atomic E-state index is 12.2. The van der Waals surface area contributed by atoms with Crippen molar-refractivity contribution < 1.29 is 9.59 Å². The Bertz CT molecular complexity index is 641. The molecule has 0 unspecified atom stereocenters. The lowest BCUT2D eigenvalue weighted by atomic mass is 10.4. The number of amides is 2. The number of carbonyl (C=O) groups is 2. The van der Waals surface area contributed by atoms with Gasteiger partial charge in [0.05, 0.1) is 18.8 Å². The highest BCUT2D eigenvalue weighted by atomic mass is 32.2. The summed E-state index contributed by atoms with van der Waals surface area (Å²) in [5.74, 6) is -0.0116. The Hall–Kier alpha value is -1.87. The van der Waals surface area contributed by atoms with Crippen LogP contribution in [0.15, 0.2) is 29.0 Å². The molecule has 2 aromatic heterocycles. The van der Waals surface area contributed by atoms with Crippen molar-refractivity contribution in [3.05, 3.63) is 28.7 Å². The molecule has 0 saturated heterocycles. The van der Waals surface area contributed by atoms with Crippen LogP contribution in [0, 0.1) is 0 Å². The van der Waals surface area contributed by atoms with Crippen molar-refractivity contribution in [3.8, 4) is 0 Å². The van der Waals surface area contributed by atoms with Gasteiger partial charge in [0.2, 0.25) is 11.8 Å². The second-order valence-corrected chi connectivity index (χ2v) is 6.75. The minimum atomic E-state index is -0.155. The van der Waals surface area contributed by atoms with E-state index in [1.807, 2.05) is 31.5 Å². The number of carbonyl (C=O) groups excluding carboxylic acids is 2. The van der Waals surface area contributed by atoms with E-state index in [1.165, 1.54) is 16.7 Å². The first-order valence-electron chi connectivity index (χ1n) is 7.13. The molecular weight excluding hydrogens is 334 g/mol. The van der Waals surface area contributed by atoms with Gasteiger partial charge in [-0.15, -0.1) is 21.5 Å². The summed E-state index contributed by atoms with van der Waals surface area (Å²) in [6, 6.07) is 3.91. The average Bonchev–Trinajstić information content (AvgIpc) is 3.19. The molecule has 9 heteroatoms. The minimum Gasteiger partial charge on any atom is -0.350 e. The lowest BCUT2D eigenvalue weighted by Gasteiger charge is -2.20. The molecule has 0 radical (unpaired) electrons. The van der Waals surface area contributed by atoms with Gasteiger partial charge in [-0.05, 0) is 18.4 Å². The lowest BCUT2D eigenvalue weighted by Crippen LogP contribution is -2.41. The van der Waals surface area contributed by atoms with Gasteiger partial charge in [-0.25, -0.2) is 0 Å². The van der Waals surface area contributed by atoms with Crippen molar-refractivity contribution in [1.82, 2.24) is 25.0 Å². The monoisotopic (exact) mass is 353 g/mol. The molecule has 0 atom stereocenters. The smallest absolute Gasteiger partial charge is 0.239 e. The predicted octanol–water partition coefficient (Wildman–Crippen LogP) is 1.13. The molecule has 0 bridgehead atoms. The summed E-state index contributed by atoms with van der Waals surface area (Å²) in [6.45, 7) is 2.91. The van der Waals surface area contributed by atoms with E-state index in [9.17, 15) is 9.59 Å². The quantitative estimate of drug-likeness (QED) is 0.720. The predicted molar refractivity (Wildman–Crippen MR) is 90.1 cm³/mol. The standard InChI is InChI=1S/C14H19N5O2S2/c1-3-19(8-12(20)15-7-11-5-4-6-22-11)13(21)9-23-14-17-16-10-18(14)2/h4-6,10H,3,7-9H2,1-2H3,(H,15,20). The van der Waals surface area contributed by atoms with Gasteiger partial charge in [0, 0.05) is 18.5 Å². The van der Waals surface area contributed by atoms with Gasteiger partial charge in [0.15, 0.2) is 5.16 Å². The molecule has 2 rings (SSSR count). The molecule has 1 N–H and O–H groups in total. The van der Waals surface area contributed by atoms with E-state index in [-0.39, 0.29) is 24.1 Å². The van der Waals surface area contributed by atoms with Gasteiger partial charge in [-0.1, -0.05) is 17.8 Å². The molecule has 0 aromatic carbocycles. The van der Waals surface area contributed by atoms with Crippen molar-refractivity contribution in [2.24, 2.45) is 7.05 Å². The summed E-state index contributed by atoms with van der Waals surface area (Å²) >= 11 is 2.90. The highest BCUT2D eigenvalue weighted by Gasteiger charge is 2.16. The second-order valence-electron chi connectivity index (χ2n) is 4.78. The Morgan fingerprint density at radius 2 is 2.30 bits per heavy atom. The Kier molecular flexibility index (Phi) is 6.60. The van der Waals surface area contributed by atoms with Crippen LogP contribution in [0.4, 0.5) is 0 Å². The van der Waals surface area contributed by atoms with Gasteiger partial charge >= 0.3 is 0 Å². The van der Waals surface area contributed by atoms with Crippen LogP contribution in [0.25, 0.3) is 0 Å². The molecule has 2 aromatic rings. The van der Waals surface area contributed by atoms with Crippen LogP contribution in [0.5, 0.6) is 0 Å². The Balaban J connectivity index is 1.77. The largest absolute Gasteiger partial charge is 0.350 e. The summed E-state index contributed by atoms with van der Waals surface area (Å²) in [7, 11) is 1.82. The van der Waals surface area contributed by atoms with Crippen molar-refractivity contribution >= 4 is 34.9 Å². The van der Waals surface area contributed by atoms with E-state index in [0.717, 1.165) is 4.88 Å². The number of hydrogen-bond donors (Lipinski definition) is 1. The number of thioether (sulfide) groups is 1. The molecule has 0 aliphatic carbocycles. The Morgan fingerprint density at radius 1 is 1.48 bits per heavy atom. The summed E-state index contributed by atoms with van der Waals surface area (Å²) in [5, 5.41) is 13.2. The molecular formula is C14H19N5O2S2. The SMILES string of the molecule is CCN(CC(=O)NCc1cccs1)C(=O)CSc1nncn1C. The first-order chi connectivity index (χ1) is 11.1. The van der Waals surface area contributed by atoms with Crippen LogP contribution < -0.4 is 5.32 Å². The third-order valence-electron chi connectivity index (χ3n) is 3.10. The Morgan fingerprint density at radius 3 is 2.91 bits per heavy atom. The van der Waals surface area contributed by atoms with Crippen molar-refractivity contribution in [2.45, 2.75) is 18.6 Å². The number of nitrogens with one attached hydrogen (secondary N) is 1. The maximum absolute atomic E-state index is 12.2. The summed E-state index contributed by atoms with van der Waals surface area (Å²) in [6.07, 6.45) is 1.59. The third kappa shape index (κ3) is 5.36. The molecule has 0 spiro atoms. The number of hydrogen-bond acceptors (Lipinski definition) is 6. The van der Waals surface area contributed by atoms with E-state index in [0.29, 0.717) is 18.2 Å². The molecule has 0 fully saturated rings. The fourth-order valence-corrected chi connectivity index (χ4v) is 3.26. The van der Waals surface area contributed by atoms with Gasteiger partial charge in [-0.3, -0.25) is 9.59 Å². The first-order valence-corrected chi connectivity index (χ1v) is 9.00. The maximum Gasteiger partial charge on any atom is 0.239 e. The molecule has 0 aliphatic rings. The van der Waals surface area contributed by atoms with Gasteiger partial charge in [0.25, 0.3) is 0 Å². The number of aromatic nitrogens is 3. The van der Waals surface area contributed by atoms with Crippen LogP contribution in [-0.4, -0.2) is 50.3 Å². The summed E-state index contributed by atoms with van der Waals surface area (Å²) in [4.78, 5) is 26.8. The zero-order chi connectivity index (χ0) is 16.7. The molecule has 2 heterocycles. The zero-order valence-corrected chi connectivity index (χ0v) is 14.7. The molecule has 23 heavy (non-hydrogen) atoms. The van der Waals surface area contributed by atoms with Crippen molar-refractivity contribution in [3.63, 3.8) is 0 Å². The average molecular weight is 353 g/mol. The highest BCUT2D eigenvalue weighted by molar-refractivity contribution is 7.99. The van der Waals surface area contributed by atoms with Crippen LogP contribution >= 0.6 is 23.1 Å². The van der Waals surface area contributed by atoms with Gasteiger partial charge < -0.3 is 14.8 Å². The van der Waals surface area contributed by atoms with E-state index < -0.39 is 0 Å². The second kappa shape index (κ2) is 8.68. The van der Waals surface area contributed by atoms with E-state index in [4.69, 9.17) is 0 Å². The number of aryl methyl sites for hydroxylation is 1. The fraction of sp³-hybridized carbons (Fsp3) is 0.429. The first kappa shape index (κ1) is 17.5. The van der Waals surface area contributed by atoms with Gasteiger partial charge in [-0.2, -0.15) is 0 Å². The van der Waals surface area contributed by atoms with Crippen LogP contribution in [0.2, 0.25) is 0 Å². The molecule has 7 nitrogen and oxygen atoms in total. The molecule has 2 amide bonds. The summed E-state index contributed by atoms with van der Waals surface area (Å²) < 4.78 is 1.75. The van der Waals surface area contributed by atoms with Crippen LogP contribution in [0.3, 0.4) is 0 Å². The van der Waals surface area contributed by atoms with Crippen molar-refractivity contribution in [1.29, 1.82) is 0 Å². The molecule has 124 valence electrons. The minimum absolute atomic E-state index is 0.0695. The number of thiophene rings is 1. The number of nitrogens with zero attached hydrogens (tertiary/aromatic N) is 4. The number of likely N-dealkylation sites (N-methyl/N-ethyl adjacent to an activating group) is 1. The molecule has 0 saturated carbocycles. The van der Waals surface area contributed by atoms with Gasteiger partial charge in [0.1, 0.15) is 6.33 Å². The van der Waals surface area contributed by atoms with Crippen LogP contribution in [-0.2, 0) is 23.2 Å². The highest BCUT2D eigenvalue weighted by Crippen LogP contribution is 2.14. The fourth-order valence-electron chi connectivity index (χ4n) is 1.83. The normalized spacial score (nSPS) is 10.5. The topological polar surface area (TPSA) is 80.1 Å². The zero-order valence-electron chi connectivity index (χ0n) is 13.1. The van der Waals surface area contributed by atoms with E-state index >= 15 is 0 Å². The van der Waals surface area contributed by atoms with Crippen LogP contribution in [0.1, 0.15) is 11.8 Å².